The van der Waals surface area contributed by atoms with Gasteiger partial charge in [0.1, 0.15) is 0 Å². The van der Waals surface area contributed by atoms with Crippen molar-refractivity contribution in [1.82, 2.24) is 0 Å². The van der Waals surface area contributed by atoms with Gasteiger partial charge in [0.05, 0.1) is 0 Å². The second kappa shape index (κ2) is 3.05. The van der Waals surface area contributed by atoms with Gasteiger partial charge < -0.3 is 0 Å². The van der Waals surface area contributed by atoms with E-state index in [1.54, 1.807) is 0 Å². The third-order valence-electron chi connectivity index (χ3n) is 2.18. The lowest BCUT2D eigenvalue weighted by Crippen LogP contribution is -2.06. The van der Waals surface area contributed by atoms with E-state index in [1.807, 2.05) is 0 Å². The molecule has 0 aromatic heterocycles. The average Bonchev–Trinajstić information content (AvgIpc) is 1.88. The fourth-order valence-corrected chi connectivity index (χ4v) is 1.50. The monoisotopic (exact) mass is 124 g/mol. The topological polar surface area (TPSA) is 0 Å². The van der Waals surface area contributed by atoms with Crippen molar-refractivity contribution < 1.29 is 0 Å². The van der Waals surface area contributed by atoms with Gasteiger partial charge >= 0.3 is 0 Å². The van der Waals surface area contributed by atoms with E-state index in [0.29, 0.717) is 0 Å². The molecule has 0 heteroatoms. The van der Waals surface area contributed by atoms with Gasteiger partial charge in [-0.2, -0.15) is 0 Å². The average molecular weight is 124 g/mol. The van der Waals surface area contributed by atoms with Crippen molar-refractivity contribution in [2.45, 2.75) is 33.1 Å². The maximum absolute atomic E-state index is 2.38. The maximum Gasteiger partial charge on any atom is -0.0233 e. The van der Waals surface area contributed by atoms with E-state index in [4.69, 9.17) is 0 Å². The van der Waals surface area contributed by atoms with Crippen LogP contribution in [0.25, 0.3) is 0 Å². The minimum absolute atomic E-state index is 0.883. The molecule has 0 aromatic rings. The Bertz CT molecular complexity index is 103. The Morgan fingerprint density at radius 2 is 2.33 bits per heavy atom. The third kappa shape index (κ3) is 1.85. The van der Waals surface area contributed by atoms with Crippen LogP contribution in [-0.4, -0.2) is 0 Å². The predicted octanol–water partition coefficient (Wildman–Crippen LogP) is 3.00. The Hall–Kier alpha value is -0.260. The van der Waals surface area contributed by atoms with E-state index < -0.39 is 0 Å². The van der Waals surface area contributed by atoms with Crippen molar-refractivity contribution in [3.8, 4) is 0 Å². The van der Waals surface area contributed by atoms with Gasteiger partial charge in [-0.3, -0.25) is 0 Å². The summed E-state index contributed by atoms with van der Waals surface area (Å²) in [4.78, 5) is 0. The lowest BCUT2D eigenvalue weighted by molar-refractivity contribution is 0.419. The molecule has 52 valence electrons. The normalized spacial score (nSPS) is 34.9. The minimum Gasteiger partial charge on any atom is -0.0880 e. The summed E-state index contributed by atoms with van der Waals surface area (Å²) in [5.41, 5.74) is 0. The molecule has 9 heavy (non-hydrogen) atoms. The third-order valence-corrected chi connectivity index (χ3v) is 2.18. The fraction of sp³-hybridized carbons (Fsp3) is 0.778. The standard InChI is InChI=1S/C9H16/c1-3-9-6-4-5-8(2)7-9/h4,6,8-9H,3,5,7H2,1-2H3/t8-,9?/m0/s1. The molecule has 1 aliphatic carbocycles. The predicted molar refractivity (Wildman–Crippen MR) is 41.3 cm³/mol. The van der Waals surface area contributed by atoms with Crippen LogP contribution in [0.2, 0.25) is 0 Å². The molecule has 0 heterocycles. The highest BCUT2D eigenvalue weighted by Gasteiger charge is 2.11. The highest BCUT2D eigenvalue weighted by Crippen LogP contribution is 2.24. The van der Waals surface area contributed by atoms with Crippen LogP contribution in [0.5, 0.6) is 0 Å². The SMILES string of the molecule is CCC1C=CC[C@H](C)C1. The van der Waals surface area contributed by atoms with Crippen molar-refractivity contribution >= 4 is 0 Å². The largest absolute Gasteiger partial charge is 0.0880 e. The molecule has 0 radical (unpaired) electrons. The van der Waals surface area contributed by atoms with E-state index in [9.17, 15) is 0 Å². The molecule has 1 rings (SSSR count). The van der Waals surface area contributed by atoms with Gasteiger partial charge in [-0.15, -0.1) is 0 Å². The van der Waals surface area contributed by atoms with Gasteiger partial charge in [0.15, 0.2) is 0 Å². The molecule has 0 amide bonds. The van der Waals surface area contributed by atoms with Crippen LogP contribution >= 0.6 is 0 Å². The molecule has 0 aliphatic heterocycles. The summed E-state index contributed by atoms with van der Waals surface area (Å²) in [5.74, 6) is 1.81. The second-order valence-corrected chi connectivity index (χ2v) is 3.17. The van der Waals surface area contributed by atoms with Crippen LogP contribution in [-0.2, 0) is 0 Å². The Morgan fingerprint density at radius 3 is 2.78 bits per heavy atom. The molecular weight excluding hydrogens is 108 g/mol. The summed E-state index contributed by atoms with van der Waals surface area (Å²) in [6.45, 7) is 4.61. The molecular formula is C9H16. The van der Waals surface area contributed by atoms with Gasteiger partial charge in [-0.05, 0) is 31.1 Å². The quantitative estimate of drug-likeness (QED) is 0.471. The molecule has 0 nitrogen and oxygen atoms in total. The molecule has 0 fully saturated rings. The summed E-state index contributed by atoms with van der Waals surface area (Å²) in [6, 6.07) is 0. The van der Waals surface area contributed by atoms with Crippen molar-refractivity contribution in [3.05, 3.63) is 12.2 Å². The molecule has 0 saturated carbocycles. The Labute approximate surface area is 58.0 Å². The van der Waals surface area contributed by atoms with E-state index in [0.717, 1.165) is 11.8 Å². The van der Waals surface area contributed by atoms with Gasteiger partial charge in [0, 0.05) is 0 Å². The van der Waals surface area contributed by atoms with Crippen LogP contribution in [0, 0.1) is 11.8 Å². The van der Waals surface area contributed by atoms with E-state index >= 15 is 0 Å². The first kappa shape index (κ1) is 6.85. The zero-order valence-corrected chi connectivity index (χ0v) is 6.43. The van der Waals surface area contributed by atoms with Crippen LogP contribution in [0.15, 0.2) is 12.2 Å². The summed E-state index contributed by atoms with van der Waals surface area (Å²) in [7, 11) is 0. The first-order chi connectivity index (χ1) is 4.33. The molecule has 0 bridgehead atoms. The lowest BCUT2D eigenvalue weighted by Gasteiger charge is -2.19. The molecule has 1 aliphatic rings. The van der Waals surface area contributed by atoms with Crippen molar-refractivity contribution in [2.24, 2.45) is 11.8 Å². The Balaban J connectivity index is 2.39. The smallest absolute Gasteiger partial charge is 0.0233 e. The van der Waals surface area contributed by atoms with Crippen molar-refractivity contribution in [3.63, 3.8) is 0 Å². The van der Waals surface area contributed by atoms with Gasteiger partial charge in [-0.1, -0.05) is 26.0 Å². The minimum atomic E-state index is 0.883. The van der Waals surface area contributed by atoms with Gasteiger partial charge in [-0.25, -0.2) is 0 Å². The van der Waals surface area contributed by atoms with Gasteiger partial charge in [0.25, 0.3) is 0 Å². The highest BCUT2D eigenvalue weighted by molar-refractivity contribution is 4.94. The molecule has 0 saturated heterocycles. The van der Waals surface area contributed by atoms with Crippen molar-refractivity contribution in [2.75, 3.05) is 0 Å². The van der Waals surface area contributed by atoms with E-state index in [1.165, 1.54) is 19.3 Å². The molecule has 0 aromatic carbocycles. The number of hydrogen-bond acceptors (Lipinski definition) is 0. The van der Waals surface area contributed by atoms with Crippen LogP contribution in [0.4, 0.5) is 0 Å². The van der Waals surface area contributed by atoms with Gasteiger partial charge in [0.2, 0.25) is 0 Å². The van der Waals surface area contributed by atoms with Crippen LogP contribution in [0.1, 0.15) is 33.1 Å². The molecule has 1 unspecified atom stereocenters. The molecule has 2 atom stereocenters. The first-order valence-electron chi connectivity index (χ1n) is 3.99. The highest BCUT2D eigenvalue weighted by atomic mass is 14.2. The first-order valence-corrected chi connectivity index (χ1v) is 3.99. The number of allylic oxidation sites excluding steroid dienone is 2. The summed E-state index contributed by atoms with van der Waals surface area (Å²) >= 11 is 0. The summed E-state index contributed by atoms with van der Waals surface area (Å²) < 4.78 is 0. The number of hydrogen-bond donors (Lipinski definition) is 0. The summed E-state index contributed by atoms with van der Waals surface area (Å²) in [5, 5.41) is 0. The zero-order chi connectivity index (χ0) is 6.69. The van der Waals surface area contributed by atoms with E-state index in [-0.39, 0.29) is 0 Å². The molecule has 0 N–H and O–H groups in total. The second-order valence-electron chi connectivity index (χ2n) is 3.17. The van der Waals surface area contributed by atoms with Crippen molar-refractivity contribution in [1.29, 1.82) is 0 Å². The lowest BCUT2D eigenvalue weighted by atomic mass is 9.87. The molecule has 0 spiro atoms. The zero-order valence-electron chi connectivity index (χ0n) is 6.43. The van der Waals surface area contributed by atoms with E-state index in [2.05, 4.69) is 26.0 Å². The Morgan fingerprint density at radius 1 is 1.56 bits per heavy atom. The van der Waals surface area contributed by atoms with Crippen LogP contribution in [0.3, 0.4) is 0 Å². The fourth-order valence-electron chi connectivity index (χ4n) is 1.50. The summed E-state index contributed by atoms with van der Waals surface area (Å²) in [6.07, 6.45) is 8.74. The van der Waals surface area contributed by atoms with Crippen LogP contribution < -0.4 is 0 Å². The maximum atomic E-state index is 2.38. The number of rotatable bonds is 1. The Kier molecular flexibility index (Phi) is 2.32.